The van der Waals surface area contributed by atoms with Crippen LogP contribution in [0.15, 0.2) is 36.5 Å². The molecule has 0 aliphatic carbocycles. The molecule has 0 spiro atoms. The number of benzene rings is 1. The van der Waals surface area contributed by atoms with Crippen molar-refractivity contribution in [3.8, 4) is 11.5 Å². The third-order valence-corrected chi connectivity index (χ3v) is 7.07. The van der Waals surface area contributed by atoms with Crippen LogP contribution < -0.4 is 14.8 Å². The molecule has 11 nitrogen and oxygen atoms in total. The Balaban J connectivity index is 1.75. The summed E-state index contributed by atoms with van der Waals surface area (Å²) >= 11 is 0. The number of pyridine rings is 1. The van der Waals surface area contributed by atoms with E-state index in [9.17, 15) is 18.8 Å². The van der Waals surface area contributed by atoms with Gasteiger partial charge in [0.2, 0.25) is 6.79 Å². The smallest absolute Gasteiger partial charge is 0.334 e. The predicted molar refractivity (Wildman–Crippen MR) is 158 cm³/mol. The molecule has 1 amide bonds. The molecule has 1 aromatic heterocycles. The highest BCUT2D eigenvalue weighted by atomic mass is 19.1. The lowest BCUT2D eigenvalue weighted by molar-refractivity contribution is -0.161. The SMILES string of the molecule is CCOCC(=O)OCOc1c(OC)ccnc1C(=O)N[C@H]1CCC[C@H](Cc2ccc(F)cc2)[C@@H](OCC(C)C)[C@H](C)OC1=O. The number of ether oxygens (including phenoxy) is 6. The zero-order valence-electron chi connectivity index (χ0n) is 26.0. The van der Waals surface area contributed by atoms with Gasteiger partial charge in [-0.3, -0.25) is 4.79 Å². The number of rotatable bonds is 14. The number of aromatic nitrogens is 1. The van der Waals surface area contributed by atoms with Crippen LogP contribution >= 0.6 is 0 Å². The van der Waals surface area contributed by atoms with Gasteiger partial charge in [-0.15, -0.1) is 0 Å². The first-order valence-corrected chi connectivity index (χ1v) is 14.9. The number of nitrogens with one attached hydrogen (secondary N) is 1. The first-order valence-electron chi connectivity index (χ1n) is 14.9. The summed E-state index contributed by atoms with van der Waals surface area (Å²) in [5.74, 6) is -1.85. The standard InChI is InChI=1S/C32H43FN2O9/c1-6-40-18-27(36)42-19-43-30-26(39-5)14-15-34-28(30)31(37)35-25-9-7-8-23(16-22-10-12-24(33)13-11-22)29(41-17-20(2)3)21(4)44-32(25)38/h10-15,20-21,23,25,29H,6-9,16-19H2,1-5H3,(H,35,37)/t21-,23+,25-,29-/m0/s1. The summed E-state index contributed by atoms with van der Waals surface area (Å²) in [7, 11) is 1.39. The third-order valence-electron chi connectivity index (χ3n) is 7.07. The fraction of sp³-hybridized carbons (Fsp3) is 0.562. The zero-order valence-corrected chi connectivity index (χ0v) is 26.0. The normalized spacial score (nSPS) is 20.6. The van der Waals surface area contributed by atoms with Crippen molar-refractivity contribution < 1.29 is 47.2 Å². The number of cyclic esters (lactones) is 1. The number of carbonyl (C=O) groups excluding carboxylic acids is 3. The molecule has 0 unspecified atom stereocenters. The Hall–Kier alpha value is -3.77. The number of halogens is 1. The van der Waals surface area contributed by atoms with Gasteiger partial charge in [0.05, 0.1) is 13.2 Å². The van der Waals surface area contributed by atoms with Crippen LogP contribution in [0.25, 0.3) is 0 Å². The van der Waals surface area contributed by atoms with Gasteiger partial charge in [-0.25, -0.2) is 19.0 Å². The van der Waals surface area contributed by atoms with Gasteiger partial charge < -0.3 is 33.7 Å². The maximum Gasteiger partial charge on any atom is 0.334 e. The van der Waals surface area contributed by atoms with E-state index in [2.05, 4.69) is 10.3 Å². The Morgan fingerprint density at radius 2 is 1.91 bits per heavy atom. The van der Waals surface area contributed by atoms with Crippen molar-refractivity contribution in [2.45, 2.75) is 71.6 Å². The third kappa shape index (κ3) is 10.4. The molecule has 1 aliphatic heterocycles. The van der Waals surface area contributed by atoms with Gasteiger partial charge in [-0.1, -0.05) is 32.4 Å². The molecule has 0 radical (unpaired) electrons. The number of methoxy groups -OCH3 is 1. The molecule has 44 heavy (non-hydrogen) atoms. The van der Waals surface area contributed by atoms with E-state index in [-0.39, 0.29) is 41.5 Å². The highest BCUT2D eigenvalue weighted by molar-refractivity contribution is 5.98. The van der Waals surface area contributed by atoms with Crippen LogP contribution in [0.3, 0.4) is 0 Å². The second-order valence-electron chi connectivity index (χ2n) is 11.0. The lowest BCUT2D eigenvalue weighted by Gasteiger charge is -2.32. The van der Waals surface area contributed by atoms with Crippen molar-refractivity contribution in [2.24, 2.45) is 11.8 Å². The number of carbonyl (C=O) groups is 3. The number of esters is 2. The van der Waals surface area contributed by atoms with Crippen LogP contribution in [0.5, 0.6) is 11.5 Å². The van der Waals surface area contributed by atoms with E-state index in [1.165, 1.54) is 31.5 Å². The number of nitrogens with zero attached hydrogens (tertiary/aromatic N) is 1. The maximum absolute atomic E-state index is 13.5. The van der Waals surface area contributed by atoms with Gasteiger partial charge in [0.1, 0.15) is 24.6 Å². The van der Waals surface area contributed by atoms with E-state index in [0.717, 1.165) is 5.56 Å². The van der Waals surface area contributed by atoms with Crippen LogP contribution in [0.1, 0.15) is 63.0 Å². The maximum atomic E-state index is 13.5. The molecule has 0 saturated carbocycles. The first-order chi connectivity index (χ1) is 21.1. The van der Waals surface area contributed by atoms with Crippen LogP contribution in [-0.2, 0) is 35.0 Å². The minimum atomic E-state index is -0.967. The predicted octanol–water partition coefficient (Wildman–Crippen LogP) is 4.26. The fourth-order valence-corrected chi connectivity index (χ4v) is 4.93. The second-order valence-corrected chi connectivity index (χ2v) is 11.0. The van der Waals surface area contributed by atoms with Crippen LogP contribution in [-0.4, -0.2) is 74.8 Å². The molecule has 1 aromatic carbocycles. The van der Waals surface area contributed by atoms with Gasteiger partial charge in [-0.2, -0.15) is 0 Å². The van der Waals surface area contributed by atoms with Crippen molar-refractivity contribution >= 4 is 17.8 Å². The van der Waals surface area contributed by atoms with Crippen LogP contribution in [0.2, 0.25) is 0 Å². The Morgan fingerprint density at radius 3 is 2.59 bits per heavy atom. The molecule has 1 fully saturated rings. The van der Waals surface area contributed by atoms with Crippen molar-refractivity contribution in [1.29, 1.82) is 0 Å². The average Bonchev–Trinajstić information content (AvgIpc) is 3.04. The van der Waals surface area contributed by atoms with E-state index in [1.54, 1.807) is 26.0 Å². The van der Waals surface area contributed by atoms with E-state index in [0.29, 0.717) is 38.9 Å². The molecule has 1 saturated heterocycles. The highest BCUT2D eigenvalue weighted by Crippen LogP contribution is 2.31. The minimum absolute atomic E-state index is 0.0121. The second kappa shape index (κ2) is 17.5. The molecular formula is C32H43FN2O9. The number of amides is 1. The summed E-state index contributed by atoms with van der Waals surface area (Å²) in [6.07, 6.45) is 2.56. The van der Waals surface area contributed by atoms with Gasteiger partial charge in [0, 0.05) is 25.5 Å². The first kappa shape index (κ1) is 34.7. The number of hydrogen-bond acceptors (Lipinski definition) is 10. The van der Waals surface area contributed by atoms with E-state index in [4.69, 9.17) is 28.4 Å². The molecule has 12 heteroatoms. The Labute approximate surface area is 257 Å². The molecule has 4 atom stereocenters. The largest absolute Gasteiger partial charge is 0.493 e. The monoisotopic (exact) mass is 618 g/mol. The Kier molecular flexibility index (Phi) is 13.8. The van der Waals surface area contributed by atoms with Gasteiger partial charge in [0.25, 0.3) is 5.91 Å². The molecule has 1 aliphatic rings. The van der Waals surface area contributed by atoms with Crippen LogP contribution in [0.4, 0.5) is 4.39 Å². The van der Waals surface area contributed by atoms with E-state index in [1.807, 2.05) is 13.8 Å². The van der Waals surface area contributed by atoms with Crippen molar-refractivity contribution in [1.82, 2.24) is 10.3 Å². The summed E-state index contributed by atoms with van der Waals surface area (Å²) in [5.41, 5.74) is 0.802. The van der Waals surface area contributed by atoms with Gasteiger partial charge in [0.15, 0.2) is 17.2 Å². The molecule has 2 heterocycles. The summed E-state index contributed by atoms with van der Waals surface area (Å²) in [5, 5.41) is 2.73. The average molecular weight is 619 g/mol. The lowest BCUT2D eigenvalue weighted by Crippen LogP contribution is -2.45. The lowest BCUT2D eigenvalue weighted by atomic mass is 9.86. The van der Waals surface area contributed by atoms with Crippen molar-refractivity contribution in [2.75, 3.05) is 33.7 Å². The highest BCUT2D eigenvalue weighted by Gasteiger charge is 2.35. The zero-order chi connectivity index (χ0) is 32.1. The molecule has 3 rings (SSSR count). The minimum Gasteiger partial charge on any atom is -0.493 e. The Morgan fingerprint density at radius 1 is 1.16 bits per heavy atom. The molecule has 242 valence electrons. The van der Waals surface area contributed by atoms with Crippen molar-refractivity contribution in [3.05, 3.63) is 53.6 Å². The summed E-state index contributed by atoms with van der Waals surface area (Å²) in [6.45, 7) is 7.70. The summed E-state index contributed by atoms with van der Waals surface area (Å²) in [4.78, 5) is 42.7. The number of hydrogen-bond donors (Lipinski definition) is 1. The topological polar surface area (TPSA) is 132 Å². The van der Waals surface area contributed by atoms with Gasteiger partial charge in [-0.05, 0) is 62.6 Å². The van der Waals surface area contributed by atoms with Crippen LogP contribution in [0, 0.1) is 17.7 Å². The van der Waals surface area contributed by atoms with E-state index >= 15 is 0 Å². The molecule has 1 N–H and O–H groups in total. The van der Waals surface area contributed by atoms with Crippen molar-refractivity contribution in [3.63, 3.8) is 0 Å². The summed E-state index contributed by atoms with van der Waals surface area (Å²) < 4.78 is 46.6. The Bertz CT molecular complexity index is 1220. The quantitative estimate of drug-likeness (QED) is 0.242. The van der Waals surface area contributed by atoms with E-state index < -0.39 is 42.9 Å². The summed E-state index contributed by atoms with van der Waals surface area (Å²) in [6, 6.07) is 6.88. The molecule has 2 aromatic rings. The van der Waals surface area contributed by atoms with Gasteiger partial charge >= 0.3 is 11.9 Å². The molecule has 0 bridgehead atoms. The molecular weight excluding hydrogens is 575 g/mol. The fourth-order valence-electron chi connectivity index (χ4n) is 4.93.